The average molecular weight is 450 g/mol. The third kappa shape index (κ3) is 6.22. The lowest BCUT2D eigenvalue weighted by atomic mass is 9.95. The second kappa shape index (κ2) is 9.60. The fraction of sp³-hybridized carbons (Fsp3) is 0.714. The zero-order valence-electron chi connectivity index (χ0n) is 19.4. The largest absolute Gasteiger partial charge is 0.354 e. The molecular weight excluding hydrogens is 414 g/mol. The number of sulfone groups is 1. The van der Waals surface area contributed by atoms with Gasteiger partial charge in [0.05, 0.1) is 5.75 Å². The van der Waals surface area contributed by atoms with Crippen molar-refractivity contribution in [2.45, 2.75) is 57.5 Å². The van der Waals surface area contributed by atoms with E-state index in [1.807, 2.05) is 0 Å². The fourth-order valence-corrected chi connectivity index (χ4v) is 4.75. The van der Waals surface area contributed by atoms with Crippen molar-refractivity contribution in [3.8, 4) is 0 Å². The zero-order chi connectivity index (χ0) is 22.6. The Bertz CT molecular complexity index is 974. The fourth-order valence-electron chi connectivity index (χ4n) is 3.60. The monoisotopic (exact) mass is 449 g/mol. The van der Waals surface area contributed by atoms with Gasteiger partial charge in [0.25, 0.3) is 5.16 Å². The number of aryl methyl sites for hydroxylation is 2. The number of hydrogen-bond donors (Lipinski definition) is 0. The van der Waals surface area contributed by atoms with Crippen LogP contribution in [-0.4, -0.2) is 76.5 Å². The molecule has 0 spiro atoms. The summed E-state index contributed by atoms with van der Waals surface area (Å²) in [5, 5.41) is 3.84. The summed E-state index contributed by atoms with van der Waals surface area (Å²) in [6.45, 7) is 12.9. The van der Waals surface area contributed by atoms with Gasteiger partial charge in [-0.05, 0) is 19.4 Å². The van der Waals surface area contributed by atoms with E-state index in [0.29, 0.717) is 6.42 Å². The van der Waals surface area contributed by atoms with Gasteiger partial charge in [0, 0.05) is 50.4 Å². The minimum Gasteiger partial charge on any atom is -0.354 e. The van der Waals surface area contributed by atoms with E-state index in [4.69, 9.17) is 9.97 Å². The van der Waals surface area contributed by atoms with Crippen LogP contribution in [0.5, 0.6) is 0 Å². The maximum absolute atomic E-state index is 12.3. The van der Waals surface area contributed by atoms with Crippen molar-refractivity contribution < 1.29 is 8.42 Å². The Kier molecular flexibility index (Phi) is 7.31. The van der Waals surface area contributed by atoms with E-state index < -0.39 is 9.84 Å². The first-order valence-electron chi connectivity index (χ1n) is 11.0. The number of nitrogens with zero attached hydrogens (tertiary/aromatic N) is 7. The summed E-state index contributed by atoms with van der Waals surface area (Å²) in [7, 11) is -1.75. The third-order valence-electron chi connectivity index (χ3n) is 5.38. The van der Waals surface area contributed by atoms with Crippen LogP contribution in [0.4, 0.5) is 5.82 Å². The average Bonchev–Trinajstić information content (AvgIpc) is 3.15. The van der Waals surface area contributed by atoms with Gasteiger partial charge in [-0.2, -0.15) is 0 Å². The normalized spacial score (nSPS) is 16.1. The van der Waals surface area contributed by atoms with Gasteiger partial charge >= 0.3 is 0 Å². The maximum atomic E-state index is 12.3. The van der Waals surface area contributed by atoms with E-state index in [2.05, 4.69) is 53.6 Å². The number of aromatic nitrogens is 5. The predicted molar refractivity (Wildman–Crippen MR) is 121 cm³/mol. The molecule has 1 fully saturated rings. The molecule has 1 aliphatic heterocycles. The quantitative estimate of drug-likeness (QED) is 0.602. The first kappa shape index (κ1) is 23.6. The molecule has 172 valence electrons. The number of hydrogen-bond acceptors (Lipinski definition) is 8. The van der Waals surface area contributed by atoms with E-state index in [-0.39, 0.29) is 16.3 Å². The Morgan fingerprint density at radius 1 is 1.10 bits per heavy atom. The van der Waals surface area contributed by atoms with Crippen LogP contribution in [0.25, 0.3) is 0 Å². The van der Waals surface area contributed by atoms with Crippen molar-refractivity contribution in [1.82, 2.24) is 29.6 Å². The van der Waals surface area contributed by atoms with Crippen molar-refractivity contribution in [3.63, 3.8) is 0 Å². The van der Waals surface area contributed by atoms with Crippen LogP contribution in [0.2, 0.25) is 0 Å². The van der Waals surface area contributed by atoms with E-state index >= 15 is 0 Å². The number of piperazine rings is 1. The molecule has 0 saturated carbocycles. The van der Waals surface area contributed by atoms with Crippen molar-refractivity contribution >= 4 is 15.7 Å². The lowest BCUT2D eigenvalue weighted by molar-refractivity contribution is 0.258. The predicted octanol–water partition coefficient (Wildman–Crippen LogP) is 1.84. The summed E-state index contributed by atoms with van der Waals surface area (Å²) in [5.41, 5.74) is 1.02. The lowest BCUT2D eigenvalue weighted by Gasteiger charge is -2.36. The molecule has 1 saturated heterocycles. The molecule has 0 N–H and O–H groups in total. The van der Waals surface area contributed by atoms with E-state index in [1.54, 1.807) is 7.05 Å². The molecule has 3 heterocycles. The number of anilines is 1. The standard InChI is InChI=1S/C21H35N7O2S/c1-6-8-17-15-18(24-19(23-17)21(2,3)4)28-12-10-27(11-13-28)9-7-14-31(29,30)20-22-16-26(5)25-20/h15-16H,6-14H2,1-5H3. The molecule has 0 aromatic carbocycles. The van der Waals surface area contributed by atoms with Gasteiger partial charge in [0.15, 0.2) is 0 Å². The van der Waals surface area contributed by atoms with Gasteiger partial charge in [-0.1, -0.05) is 34.1 Å². The molecule has 2 aromatic rings. The number of rotatable bonds is 8. The first-order valence-corrected chi connectivity index (χ1v) is 12.7. The van der Waals surface area contributed by atoms with Crippen LogP contribution >= 0.6 is 0 Å². The van der Waals surface area contributed by atoms with Gasteiger partial charge in [-0.3, -0.25) is 9.58 Å². The van der Waals surface area contributed by atoms with E-state index in [0.717, 1.165) is 62.9 Å². The van der Waals surface area contributed by atoms with Gasteiger partial charge < -0.3 is 4.90 Å². The summed E-state index contributed by atoms with van der Waals surface area (Å²) in [5.74, 6) is 1.97. The Labute approximate surface area is 185 Å². The van der Waals surface area contributed by atoms with Crippen LogP contribution in [0.1, 0.15) is 52.1 Å². The minimum absolute atomic E-state index is 0.0679. The molecule has 31 heavy (non-hydrogen) atoms. The minimum atomic E-state index is -3.42. The van der Waals surface area contributed by atoms with Crippen molar-refractivity contribution in [2.24, 2.45) is 7.05 Å². The Balaban J connectivity index is 1.55. The molecule has 9 nitrogen and oxygen atoms in total. The molecule has 1 aliphatic rings. The van der Waals surface area contributed by atoms with Crippen LogP contribution in [-0.2, 0) is 28.7 Å². The SMILES string of the molecule is CCCc1cc(N2CCN(CCCS(=O)(=O)c3ncn(C)n3)CC2)nc(C(C)(C)C)n1. The van der Waals surface area contributed by atoms with Gasteiger partial charge in [-0.25, -0.2) is 23.4 Å². The molecule has 0 bridgehead atoms. The Hall–Kier alpha value is -2.07. The third-order valence-corrected chi connectivity index (χ3v) is 6.95. The van der Waals surface area contributed by atoms with Crippen molar-refractivity contribution in [2.75, 3.05) is 43.4 Å². The molecule has 0 amide bonds. The molecule has 0 radical (unpaired) electrons. The molecule has 0 aliphatic carbocycles. The maximum Gasteiger partial charge on any atom is 0.266 e. The van der Waals surface area contributed by atoms with Crippen LogP contribution in [0, 0.1) is 0 Å². The van der Waals surface area contributed by atoms with E-state index in [1.165, 1.54) is 11.0 Å². The summed E-state index contributed by atoms with van der Waals surface area (Å²) >= 11 is 0. The highest BCUT2D eigenvalue weighted by molar-refractivity contribution is 7.91. The van der Waals surface area contributed by atoms with Crippen LogP contribution in [0.15, 0.2) is 17.6 Å². The molecular formula is C21H35N7O2S. The second-order valence-corrected chi connectivity index (χ2v) is 11.2. The zero-order valence-corrected chi connectivity index (χ0v) is 20.2. The van der Waals surface area contributed by atoms with Gasteiger partial charge in [0.2, 0.25) is 9.84 Å². The first-order chi connectivity index (χ1) is 14.6. The molecule has 3 rings (SSSR count). The highest BCUT2D eigenvalue weighted by Crippen LogP contribution is 2.23. The van der Waals surface area contributed by atoms with Crippen molar-refractivity contribution in [3.05, 3.63) is 23.9 Å². The van der Waals surface area contributed by atoms with Crippen molar-refractivity contribution in [1.29, 1.82) is 0 Å². The molecule has 0 atom stereocenters. The highest BCUT2D eigenvalue weighted by atomic mass is 32.2. The van der Waals surface area contributed by atoms with Crippen LogP contribution in [0.3, 0.4) is 0 Å². The summed E-state index contributed by atoms with van der Waals surface area (Å²) in [6.07, 6.45) is 4.00. The second-order valence-electron chi connectivity index (χ2n) is 9.24. The highest BCUT2D eigenvalue weighted by Gasteiger charge is 2.24. The molecule has 0 unspecified atom stereocenters. The molecule has 10 heteroatoms. The summed E-state index contributed by atoms with van der Waals surface area (Å²) in [6, 6.07) is 2.13. The smallest absolute Gasteiger partial charge is 0.266 e. The van der Waals surface area contributed by atoms with Crippen LogP contribution < -0.4 is 4.90 Å². The summed E-state index contributed by atoms with van der Waals surface area (Å²) < 4.78 is 26.1. The summed E-state index contributed by atoms with van der Waals surface area (Å²) in [4.78, 5) is 18.2. The van der Waals surface area contributed by atoms with E-state index in [9.17, 15) is 8.42 Å². The Morgan fingerprint density at radius 3 is 2.39 bits per heavy atom. The lowest BCUT2D eigenvalue weighted by Crippen LogP contribution is -2.47. The van der Waals surface area contributed by atoms with Gasteiger partial charge in [0.1, 0.15) is 18.0 Å². The molecule has 2 aromatic heterocycles. The topological polar surface area (TPSA) is 97.1 Å². The van der Waals surface area contributed by atoms with Gasteiger partial charge in [-0.15, -0.1) is 5.10 Å². The Morgan fingerprint density at radius 2 is 1.81 bits per heavy atom.